The van der Waals surface area contributed by atoms with Crippen molar-refractivity contribution in [3.8, 4) is 11.5 Å². The van der Waals surface area contributed by atoms with E-state index >= 15 is 0 Å². The Labute approximate surface area is 260 Å². The van der Waals surface area contributed by atoms with Gasteiger partial charge in [0.1, 0.15) is 11.5 Å². The zero-order chi connectivity index (χ0) is 29.9. The quantitative estimate of drug-likeness (QED) is 0.198. The maximum Gasteiger partial charge on any atom is 0.227 e. The van der Waals surface area contributed by atoms with Crippen LogP contribution < -0.4 is 19.7 Å². The molecule has 1 amide bonds. The summed E-state index contributed by atoms with van der Waals surface area (Å²) in [6, 6.07) is 22.4. The Kier molecular flexibility index (Phi) is 11.7. The Balaban J connectivity index is 1.10. The monoisotopic (exact) mass is 606 g/mol. The molecule has 0 saturated carbocycles. The minimum Gasteiger partial charge on any atom is -0.494 e. The van der Waals surface area contributed by atoms with Gasteiger partial charge in [0.15, 0.2) is 0 Å². The van der Waals surface area contributed by atoms with Gasteiger partial charge in [0, 0.05) is 49.9 Å². The fourth-order valence-electron chi connectivity index (χ4n) is 5.83. The minimum atomic E-state index is 0.0653. The smallest absolute Gasteiger partial charge is 0.227 e. The second-order valence-corrected chi connectivity index (χ2v) is 11.7. The largest absolute Gasteiger partial charge is 0.494 e. The molecule has 43 heavy (non-hydrogen) atoms. The van der Waals surface area contributed by atoms with E-state index in [4.69, 9.17) is 30.5 Å². The predicted octanol–water partition coefficient (Wildman–Crippen LogP) is 6.56. The molecular formula is C35H43ClN2O5. The van der Waals surface area contributed by atoms with E-state index in [1.54, 1.807) is 7.11 Å². The number of rotatable bonds is 15. The molecule has 2 atom stereocenters. The fraction of sp³-hybridized carbons (Fsp3) is 0.457. The number of piperidine rings is 1. The topological polar surface area (TPSA) is 69.3 Å². The number of carbonyl (C=O) groups is 1. The molecule has 0 aliphatic carbocycles. The minimum absolute atomic E-state index is 0.0653. The van der Waals surface area contributed by atoms with Gasteiger partial charge in [-0.15, -0.1) is 0 Å². The van der Waals surface area contributed by atoms with Crippen molar-refractivity contribution < 1.29 is 23.7 Å². The van der Waals surface area contributed by atoms with Crippen LogP contribution in [-0.2, 0) is 27.3 Å². The van der Waals surface area contributed by atoms with Crippen LogP contribution in [0.25, 0.3) is 0 Å². The lowest BCUT2D eigenvalue weighted by Crippen LogP contribution is -2.41. The number of anilines is 1. The highest BCUT2D eigenvalue weighted by molar-refractivity contribution is 6.30. The third-order valence-corrected chi connectivity index (χ3v) is 8.39. The number of hydrogen-bond acceptors (Lipinski definition) is 6. The molecule has 0 radical (unpaired) electrons. The Morgan fingerprint density at radius 3 is 2.51 bits per heavy atom. The first-order chi connectivity index (χ1) is 21.1. The fourth-order valence-corrected chi connectivity index (χ4v) is 6.01. The van der Waals surface area contributed by atoms with Crippen LogP contribution >= 0.6 is 11.6 Å². The zero-order valence-corrected chi connectivity index (χ0v) is 25.8. The van der Waals surface area contributed by atoms with Gasteiger partial charge in [-0.2, -0.15) is 0 Å². The third kappa shape index (κ3) is 8.96. The summed E-state index contributed by atoms with van der Waals surface area (Å²) in [5.41, 5.74) is 4.62. The van der Waals surface area contributed by atoms with Gasteiger partial charge in [0.05, 0.1) is 25.9 Å². The Morgan fingerprint density at radius 2 is 1.72 bits per heavy atom. The number of halogens is 1. The number of methoxy groups -OCH3 is 1. The van der Waals surface area contributed by atoms with Crippen molar-refractivity contribution in [2.75, 3.05) is 51.5 Å². The molecule has 1 N–H and O–H groups in total. The van der Waals surface area contributed by atoms with Crippen LogP contribution in [0.5, 0.6) is 11.5 Å². The van der Waals surface area contributed by atoms with E-state index in [1.807, 2.05) is 29.2 Å². The van der Waals surface area contributed by atoms with Crippen molar-refractivity contribution in [3.63, 3.8) is 0 Å². The normalized spacial score (nSPS) is 18.4. The van der Waals surface area contributed by atoms with Gasteiger partial charge < -0.3 is 29.2 Å². The van der Waals surface area contributed by atoms with E-state index in [1.165, 1.54) is 11.1 Å². The van der Waals surface area contributed by atoms with E-state index in [0.717, 1.165) is 67.9 Å². The van der Waals surface area contributed by atoms with Crippen LogP contribution in [0.3, 0.4) is 0 Å². The molecular weight excluding hydrogens is 564 g/mol. The van der Waals surface area contributed by atoms with Gasteiger partial charge in [0.2, 0.25) is 5.91 Å². The molecule has 1 saturated heterocycles. The van der Waals surface area contributed by atoms with Crippen LogP contribution in [0.2, 0.25) is 5.02 Å². The summed E-state index contributed by atoms with van der Waals surface area (Å²) in [5.74, 6) is 2.17. The van der Waals surface area contributed by atoms with Crippen molar-refractivity contribution in [1.29, 1.82) is 0 Å². The van der Waals surface area contributed by atoms with Crippen LogP contribution in [0.4, 0.5) is 5.69 Å². The molecule has 8 heteroatoms. The van der Waals surface area contributed by atoms with Gasteiger partial charge in [0.25, 0.3) is 0 Å². The summed E-state index contributed by atoms with van der Waals surface area (Å²) in [4.78, 5) is 14.6. The standard InChI is InChI=1S/C35H43ClN2O5/c1-40-19-5-18-38-33-22-26(8-9-28(33)12-15-35(38)39)25-43-34-24-37-17-16-32(34)27-10-13-30(14-11-27)41-20-2-3-21-42-31-7-4-6-29(36)23-31/h4,6-11,13-14,22-23,32,34,37H,2-3,5,12,15-21,24-25H2,1H3. The molecule has 5 rings (SSSR count). The SMILES string of the molecule is COCCCN1C(=O)CCc2ccc(COC3CNCCC3c3ccc(OCCCCOc4cccc(Cl)c4)cc3)cc21. The Bertz CT molecular complexity index is 1320. The summed E-state index contributed by atoms with van der Waals surface area (Å²) in [6.07, 6.45) is 5.08. The average Bonchev–Trinajstić information content (AvgIpc) is 3.03. The van der Waals surface area contributed by atoms with E-state index < -0.39 is 0 Å². The van der Waals surface area contributed by atoms with Crippen molar-refractivity contribution >= 4 is 23.2 Å². The molecule has 0 bridgehead atoms. The maximum absolute atomic E-state index is 12.7. The Morgan fingerprint density at radius 1 is 0.907 bits per heavy atom. The first kappa shape index (κ1) is 31.3. The van der Waals surface area contributed by atoms with Gasteiger partial charge in [-0.1, -0.05) is 41.9 Å². The Hall–Kier alpha value is -3.10. The second-order valence-electron chi connectivity index (χ2n) is 11.2. The first-order valence-corrected chi connectivity index (χ1v) is 15.8. The summed E-state index contributed by atoms with van der Waals surface area (Å²) >= 11 is 6.01. The number of unbranched alkanes of at least 4 members (excludes halogenated alkanes) is 1. The summed E-state index contributed by atoms with van der Waals surface area (Å²) in [6.45, 7) is 4.90. The van der Waals surface area contributed by atoms with Gasteiger partial charge in [-0.05, 0) is 91.7 Å². The summed E-state index contributed by atoms with van der Waals surface area (Å²) < 4.78 is 23.5. The zero-order valence-electron chi connectivity index (χ0n) is 25.1. The molecule has 3 aromatic rings. The number of ether oxygens (including phenoxy) is 4. The molecule has 7 nitrogen and oxygen atoms in total. The molecule has 0 spiro atoms. The molecule has 2 unspecified atom stereocenters. The van der Waals surface area contributed by atoms with Crippen molar-refractivity contribution in [2.45, 2.75) is 57.2 Å². The number of nitrogens with zero attached hydrogens (tertiary/aromatic N) is 1. The van der Waals surface area contributed by atoms with E-state index in [0.29, 0.717) is 50.3 Å². The number of fused-ring (bicyclic) bond motifs is 1. The second kappa shape index (κ2) is 16.1. The van der Waals surface area contributed by atoms with Crippen molar-refractivity contribution in [2.24, 2.45) is 0 Å². The van der Waals surface area contributed by atoms with Gasteiger partial charge in [-0.25, -0.2) is 0 Å². The average molecular weight is 607 g/mol. The highest BCUT2D eigenvalue weighted by Gasteiger charge is 2.28. The molecule has 2 aliphatic rings. The first-order valence-electron chi connectivity index (χ1n) is 15.5. The number of amides is 1. The highest BCUT2D eigenvalue weighted by Crippen LogP contribution is 2.32. The van der Waals surface area contributed by atoms with Crippen LogP contribution in [0.15, 0.2) is 66.7 Å². The third-order valence-electron chi connectivity index (χ3n) is 8.15. The van der Waals surface area contributed by atoms with Gasteiger partial charge in [-0.3, -0.25) is 4.79 Å². The maximum atomic E-state index is 12.7. The van der Waals surface area contributed by atoms with E-state index in [9.17, 15) is 4.79 Å². The van der Waals surface area contributed by atoms with Crippen molar-refractivity contribution in [3.05, 3.63) is 88.4 Å². The van der Waals surface area contributed by atoms with Crippen LogP contribution in [-0.4, -0.2) is 58.6 Å². The number of nitrogens with one attached hydrogen (secondary N) is 1. The number of aryl methyl sites for hydroxylation is 1. The number of carbonyl (C=O) groups excluding carboxylic acids is 1. The molecule has 3 aromatic carbocycles. The van der Waals surface area contributed by atoms with Crippen LogP contribution in [0.1, 0.15) is 54.7 Å². The van der Waals surface area contributed by atoms with Crippen molar-refractivity contribution in [1.82, 2.24) is 5.32 Å². The van der Waals surface area contributed by atoms with E-state index in [2.05, 4.69) is 47.8 Å². The summed E-state index contributed by atoms with van der Waals surface area (Å²) in [7, 11) is 1.70. The molecule has 2 heterocycles. The van der Waals surface area contributed by atoms with Crippen LogP contribution in [0, 0.1) is 0 Å². The number of benzene rings is 3. The summed E-state index contributed by atoms with van der Waals surface area (Å²) in [5, 5.41) is 4.18. The molecule has 0 aromatic heterocycles. The molecule has 1 fully saturated rings. The molecule has 230 valence electrons. The lowest BCUT2D eigenvalue weighted by molar-refractivity contribution is -0.118. The van der Waals surface area contributed by atoms with Gasteiger partial charge >= 0.3 is 0 Å². The lowest BCUT2D eigenvalue weighted by atomic mass is 9.87. The molecule has 2 aliphatic heterocycles. The highest BCUT2D eigenvalue weighted by atomic mass is 35.5. The van der Waals surface area contributed by atoms with E-state index in [-0.39, 0.29) is 12.0 Å². The lowest BCUT2D eigenvalue weighted by Gasteiger charge is -2.33. The predicted molar refractivity (Wildman–Crippen MR) is 171 cm³/mol. The number of hydrogen-bond donors (Lipinski definition) is 1.